The number of β-amino-alcohol motifs (C(OH)–C–C–N with tert-alkyl or cyclic N) is 1. The van der Waals surface area contributed by atoms with Gasteiger partial charge in [0.25, 0.3) is 0 Å². The summed E-state index contributed by atoms with van der Waals surface area (Å²) in [5.41, 5.74) is 3.00. The molecule has 0 aliphatic carbocycles. The van der Waals surface area contributed by atoms with Crippen LogP contribution in [0.3, 0.4) is 0 Å². The Bertz CT molecular complexity index is 806. The van der Waals surface area contributed by atoms with Crippen molar-refractivity contribution in [3.05, 3.63) is 66.4 Å². The molecular formula is C19H19N3O. The van der Waals surface area contributed by atoms with Crippen molar-refractivity contribution in [3.8, 4) is 0 Å². The van der Waals surface area contributed by atoms with Crippen LogP contribution >= 0.6 is 0 Å². The molecule has 1 aliphatic rings. The van der Waals surface area contributed by atoms with Crippen LogP contribution in [0.25, 0.3) is 11.0 Å². The fourth-order valence-corrected chi connectivity index (χ4v) is 3.33. The highest BCUT2D eigenvalue weighted by Gasteiger charge is 2.29. The number of anilines is 1. The highest BCUT2D eigenvalue weighted by atomic mass is 16.3. The van der Waals surface area contributed by atoms with E-state index in [-0.39, 0.29) is 12.0 Å². The zero-order chi connectivity index (χ0) is 15.6. The highest BCUT2D eigenvalue weighted by molar-refractivity contribution is 5.75. The molecule has 0 radical (unpaired) electrons. The molecule has 1 N–H and O–H groups in total. The first-order valence-corrected chi connectivity index (χ1v) is 8.01. The highest BCUT2D eigenvalue weighted by Crippen LogP contribution is 2.30. The van der Waals surface area contributed by atoms with Gasteiger partial charge in [-0.1, -0.05) is 42.5 Å². The van der Waals surface area contributed by atoms with Gasteiger partial charge in [-0.3, -0.25) is 4.98 Å². The maximum atomic E-state index is 10.6. The molecule has 2 heterocycles. The topological polar surface area (TPSA) is 49.2 Å². The van der Waals surface area contributed by atoms with Gasteiger partial charge in [0.15, 0.2) is 0 Å². The van der Waals surface area contributed by atoms with Crippen LogP contribution < -0.4 is 4.90 Å². The number of hydrogen-bond acceptors (Lipinski definition) is 4. The van der Waals surface area contributed by atoms with Crippen molar-refractivity contribution in [1.29, 1.82) is 0 Å². The van der Waals surface area contributed by atoms with Crippen LogP contribution in [0.5, 0.6) is 0 Å². The molecular weight excluding hydrogens is 286 g/mol. The molecule has 0 spiro atoms. The van der Waals surface area contributed by atoms with E-state index in [0.717, 1.165) is 29.8 Å². The predicted molar refractivity (Wildman–Crippen MR) is 91.6 cm³/mol. The lowest BCUT2D eigenvalue weighted by molar-refractivity contribution is 0.129. The number of aliphatic hydroxyl groups excluding tert-OH is 1. The third-order valence-electron chi connectivity index (χ3n) is 4.57. The van der Waals surface area contributed by atoms with Gasteiger partial charge < -0.3 is 10.0 Å². The first kappa shape index (κ1) is 14.2. The molecule has 0 bridgehead atoms. The number of fused-ring (bicyclic) bond motifs is 1. The van der Waals surface area contributed by atoms with E-state index in [1.54, 1.807) is 6.20 Å². The van der Waals surface area contributed by atoms with E-state index in [2.05, 4.69) is 27.0 Å². The average Bonchev–Trinajstić information content (AvgIpc) is 2.62. The Balaban J connectivity index is 1.55. The van der Waals surface area contributed by atoms with Gasteiger partial charge in [-0.2, -0.15) is 0 Å². The zero-order valence-corrected chi connectivity index (χ0v) is 12.8. The fraction of sp³-hybridized carbons (Fsp3) is 0.263. The van der Waals surface area contributed by atoms with Crippen molar-refractivity contribution in [2.24, 2.45) is 0 Å². The number of hydrogen-bond donors (Lipinski definition) is 1. The fourth-order valence-electron chi connectivity index (χ4n) is 3.33. The summed E-state index contributed by atoms with van der Waals surface area (Å²) >= 11 is 0. The minimum Gasteiger partial charge on any atom is -0.391 e. The molecule has 1 aromatic heterocycles. The molecule has 0 unspecified atom stereocenters. The molecule has 116 valence electrons. The number of piperidine rings is 1. The van der Waals surface area contributed by atoms with E-state index in [0.29, 0.717) is 6.54 Å². The molecule has 2 atom stereocenters. The van der Waals surface area contributed by atoms with E-state index >= 15 is 0 Å². The van der Waals surface area contributed by atoms with Crippen molar-refractivity contribution in [3.63, 3.8) is 0 Å². The molecule has 23 heavy (non-hydrogen) atoms. The lowest BCUT2D eigenvalue weighted by Crippen LogP contribution is -2.43. The average molecular weight is 305 g/mol. The molecule has 1 saturated heterocycles. The minimum absolute atomic E-state index is 0.195. The number of benzene rings is 2. The largest absolute Gasteiger partial charge is 0.391 e. The normalized spacial score (nSPS) is 21.5. The summed E-state index contributed by atoms with van der Waals surface area (Å²) < 4.78 is 0. The molecule has 4 rings (SSSR count). The number of aliphatic hydroxyl groups is 1. The van der Waals surface area contributed by atoms with Crippen LogP contribution in [0, 0.1) is 0 Å². The number of aromatic nitrogens is 2. The Labute approximate surface area is 135 Å². The van der Waals surface area contributed by atoms with E-state index in [4.69, 9.17) is 0 Å². The Hall–Kier alpha value is -2.46. The Morgan fingerprint density at radius 3 is 2.48 bits per heavy atom. The Kier molecular flexibility index (Phi) is 3.67. The van der Waals surface area contributed by atoms with Crippen LogP contribution in [0.4, 0.5) is 5.82 Å². The molecule has 1 fully saturated rings. The molecule has 3 aromatic rings. The molecule has 4 nitrogen and oxygen atoms in total. The molecule has 1 aliphatic heterocycles. The van der Waals surface area contributed by atoms with Gasteiger partial charge in [-0.25, -0.2) is 4.98 Å². The summed E-state index contributed by atoms with van der Waals surface area (Å²) in [7, 11) is 0. The van der Waals surface area contributed by atoms with Crippen LogP contribution in [0.15, 0.2) is 60.8 Å². The van der Waals surface area contributed by atoms with Gasteiger partial charge in [-0.15, -0.1) is 0 Å². The van der Waals surface area contributed by atoms with E-state index < -0.39 is 0 Å². The summed E-state index contributed by atoms with van der Waals surface area (Å²) in [6.45, 7) is 1.47. The molecule has 0 amide bonds. The first-order chi connectivity index (χ1) is 11.3. The van der Waals surface area contributed by atoms with E-state index in [1.165, 1.54) is 5.56 Å². The third-order valence-corrected chi connectivity index (χ3v) is 4.57. The standard InChI is InChI=1S/C19H19N3O/c23-18-13-22(11-10-15(18)14-6-2-1-3-7-14)19-12-20-16-8-4-5-9-17(16)21-19/h1-9,12,15,18,23H,10-11,13H2/t15-,18+/m0/s1. The summed E-state index contributed by atoms with van der Waals surface area (Å²) in [5.74, 6) is 1.04. The van der Waals surface area contributed by atoms with Gasteiger partial charge in [0.05, 0.1) is 23.3 Å². The number of para-hydroxylation sites is 2. The van der Waals surface area contributed by atoms with Gasteiger partial charge in [0.2, 0.25) is 0 Å². The lowest BCUT2D eigenvalue weighted by Gasteiger charge is -2.36. The Morgan fingerprint density at radius 2 is 1.70 bits per heavy atom. The first-order valence-electron chi connectivity index (χ1n) is 8.01. The third kappa shape index (κ3) is 2.78. The smallest absolute Gasteiger partial charge is 0.147 e. The quantitative estimate of drug-likeness (QED) is 0.791. The van der Waals surface area contributed by atoms with Crippen molar-refractivity contribution in [2.45, 2.75) is 18.4 Å². The maximum absolute atomic E-state index is 10.6. The zero-order valence-electron chi connectivity index (χ0n) is 12.8. The summed E-state index contributed by atoms with van der Waals surface area (Å²) in [4.78, 5) is 11.3. The van der Waals surface area contributed by atoms with Crippen molar-refractivity contribution < 1.29 is 5.11 Å². The van der Waals surface area contributed by atoms with Crippen LogP contribution in [0.1, 0.15) is 17.9 Å². The second-order valence-corrected chi connectivity index (χ2v) is 6.04. The number of nitrogens with zero attached hydrogens (tertiary/aromatic N) is 3. The van der Waals surface area contributed by atoms with Crippen LogP contribution in [-0.4, -0.2) is 34.3 Å². The van der Waals surface area contributed by atoms with Crippen LogP contribution in [-0.2, 0) is 0 Å². The van der Waals surface area contributed by atoms with Gasteiger partial charge in [0.1, 0.15) is 5.82 Å². The minimum atomic E-state index is -0.389. The van der Waals surface area contributed by atoms with E-state index in [1.807, 2.05) is 42.5 Å². The lowest BCUT2D eigenvalue weighted by atomic mass is 9.87. The second-order valence-electron chi connectivity index (χ2n) is 6.04. The maximum Gasteiger partial charge on any atom is 0.147 e. The molecule has 4 heteroatoms. The summed E-state index contributed by atoms with van der Waals surface area (Å²) in [5, 5.41) is 10.6. The SMILES string of the molecule is O[C@@H]1CN(c2cnc3ccccc3n2)CC[C@H]1c1ccccc1. The van der Waals surface area contributed by atoms with Crippen LogP contribution in [0.2, 0.25) is 0 Å². The molecule has 0 saturated carbocycles. The Morgan fingerprint density at radius 1 is 0.957 bits per heavy atom. The monoisotopic (exact) mass is 305 g/mol. The second kappa shape index (κ2) is 5.97. The van der Waals surface area contributed by atoms with Crippen molar-refractivity contribution in [1.82, 2.24) is 9.97 Å². The van der Waals surface area contributed by atoms with Gasteiger partial charge >= 0.3 is 0 Å². The van der Waals surface area contributed by atoms with Gasteiger partial charge in [0, 0.05) is 19.0 Å². The number of rotatable bonds is 2. The summed E-state index contributed by atoms with van der Waals surface area (Å²) in [6, 6.07) is 18.1. The van der Waals surface area contributed by atoms with E-state index in [9.17, 15) is 5.11 Å². The summed E-state index contributed by atoms with van der Waals surface area (Å²) in [6.07, 6.45) is 2.33. The van der Waals surface area contributed by atoms with Gasteiger partial charge in [-0.05, 0) is 24.1 Å². The predicted octanol–water partition coefficient (Wildman–Crippen LogP) is 2.98. The molecule has 2 aromatic carbocycles. The van der Waals surface area contributed by atoms with Crippen molar-refractivity contribution >= 4 is 16.9 Å². The van der Waals surface area contributed by atoms with Crippen molar-refractivity contribution in [2.75, 3.05) is 18.0 Å².